The van der Waals surface area contributed by atoms with Crippen LogP contribution in [0.5, 0.6) is 5.75 Å². The van der Waals surface area contributed by atoms with Gasteiger partial charge in [0.25, 0.3) is 0 Å². The van der Waals surface area contributed by atoms with E-state index in [1.807, 2.05) is 0 Å². The minimum absolute atomic E-state index is 0.0689. The number of carbonyl (C=O) groups excluding carboxylic acids is 5. The molecule has 296 valence electrons. The molecule has 0 aliphatic carbocycles. The average Bonchev–Trinajstić information content (AvgIpc) is 3.13. The molecule has 1 aromatic carbocycles. The van der Waals surface area contributed by atoms with Crippen LogP contribution >= 0.6 is 0 Å². The highest BCUT2D eigenvalue weighted by Gasteiger charge is 2.55. The highest BCUT2D eigenvalue weighted by Crippen LogP contribution is 2.40. The molecule has 54 heavy (non-hydrogen) atoms. The molecule has 4 N–H and O–H groups in total. The van der Waals surface area contributed by atoms with E-state index >= 15 is 0 Å². The first-order chi connectivity index (χ1) is 25.7. The van der Waals surface area contributed by atoms with Gasteiger partial charge in [0, 0.05) is 32.6 Å². The number of hydrogen-bond donors (Lipinski definition) is 4. The zero-order valence-corrected chi connectivity index (χ0v) is 29.4. The molecule has 0 saturated carbocycles. The number of ether oxygens (including phenoxy) is 10. The zero-order valence-electron chi connectivity index (χ0n) is 29.4. The maximum absolute atomic E-state index is 13.7. The molecular weight excluding hydrogens is 724 g/mol. The summed E-state index contributed by atoms with van der Waals surface area (Å²) < 4.78 is 56.3. The van der Waals surface area contributed by atoms with Crippen molar-refractivity contribution in [2.45, 2.75) is 94.9 Å². The Labute approximate surface area is 308 Å². The normalized spacial score (nSPS) is 34.8. The summed E-state index contributed by atoms with van der Waals surface area (Å²) in [5.41, 5.74) is 0.109. The first kappa shape index (κ1) is 40.6. The number of cyclic esters (lactones) is 1. The molecule has 3 saturated heterocycles. The number of benzene rings is 1. The van der Waals surface area contributed by atoms with Crippen LogP contribution in [0.25, 0.3) is 0 Å². The highest BCUT2D eigenvalue weighted by molar-refractivity contribution is 5.90. The SMILES string of the molecule is C=C[C@H]1[C@H](O[C@H]2O[C@@H](COC(C)=O)[C@H](OC(=O)c3cccc(O[C@H]4O[C@@H](CO)[C@H](O)[C@@H](O)[C@@H]4O)c3)[C@@H](OC(C)=O)[C@@H]2OC(C)=O)OC=C2C(=O)OCC[C@H]21. The van der Waals surface area contributed by atoms with Crippen molar-refractivity contribution in [2.24, 2.45) is 11.8 Å². The summed E-state index contributed by atoms with van der Waals surface area (Å²) in [6.45, 7) is 5.98. The Morgan fingerprint density at radius 1 is 0.870 bits per heavy atom. The monoisotopic (exact) mass is 766 g/mol. The second-order valence-electron chi connectivity index (χ2n) is 12.8. The zero-order chi connectivity index (χ0) is 39.3. The van der Waals surface area contributed by atoms with E-state index < -0.39 is 123 Å². The third-order valence-electron chi connectivity index (χ3n) is 9.01. The fourth-order valence-corrected chi connectivity index (χ4v) is 6.45. The first-order valence-electron chi connectivity index (χ1n) is 16.9. The maximum Gasteiger partial charge on any atom is 0.338 e. The molecular formula is C35H42O19. The first-order valence-corrected chi connectivity index (χ1v) is 16.9. The van der Waals surface area contributed by atoms with Gasteiger partial charge in [0.05, 0.1) is 30.6 Å². The number of aliphatic hydroxyl groups excluding tert-OH is 4. The standard InChI is InChI=1S/C35H42O19/c1-5-20-21-9-10-45-32(44)22(21)13-47-33(20)54-35-30(49-17(4)39)29(48-16(3)38)28(24(52-35)14-46-15(2)37)53-31(43)18-7-6-8-19(11-18)50-34-27(42)26(41)25(40)23(12-36)51-34/h5-8,11,13,20-21,23-30,33-36,40-42H,1,9-10,12,14H2,2-4H3/t20-,21+,23+,24+,25+,26-,27+,28+,29-,30+,33+,34+,35-/m1/s1. The lowest BCUT2D eigenvalue weighted by Gasteiger charge is -2.46. The number of esters is 5. The molecule has 19 nitrogen and oxygen atoms in total. The van der Waals surface area contributed by atoms with Crippen LogP contribution in [0.15, 0.2) is 48.8 Å². The Bertz CT molecular complexity index is 1590. The van der Waals surface area contributed by atoms with Crippen LogP contribution < -0.4 is 4.74 Å². The molecule has 0 spiro atoms. The van der Waals surface area contributed by atoms with Crippen molar-refractivity contribution in [3.63, 3.8) is 0 Å². The van der Waals surface area contributed by atoms with Crippen LogP contribution in [-0.4, -0.2) is 138 Å². The molecule has 4 aliphatic heterocycles. The van der Waals surface area contributed by atoms with Gasteiger partial charge in [-0.3, -0.25) is 14.4 Å². The van der Waals surface area contributed by atoms with Gasteiger partial charge >= 0.3 is 29.8 Å². The van der Waals surface area contributed by atoms with E-state index in [-0.39, 0.29) is 23.5 Å². The van der Waals surface area contributed by atoms with E-state index in [1.165, 1.54) is 36.6 Å². The largest absolute Gasteiger partial charge is 0.471 e. The van der Waals surface area contributed by atoms with Gasteiger partial charge in [0.15, 0.2) is 18.3 Å². The Morgan fingerprint density at radius 2 is 1.57 bits per heavy atom. The Balaban J connectivity index is 1.42. The predicted octanol–water partition coefficient (Wildman–Crippen LogP) is -0.836. The molecule has 0 bridgehead atoms. The molecule has 0 radical (unpaired) electrons. The van der Waals surface area contributed by atoms with Gasteiger partial charge in [-0.15, -0.1) is 6.58 Å². The Kier molecular flexibility index (Phi) is 13.3. The summed E-state index contributed by atoms with van der Waals surface area (Å²) in [6, 6.07) is 5.26. The average molecular weight is 767 g/mol. The van der Waals surface area contributed by atoms with Crippen molar-refractivity contribution >= 4 is 29.8 Å². The lowest BCUT2D eigenvalue weighted by atomic mass is 9.81. The topological polar surface area (TPSA) is 259 Å². The third-order valence-corrected chi connectivity index (χ3v) is 9.01. The van der Waals surface area contributed by atoms with Gasteiger partial charge in [-0.1, -0.05) is 12.1 Å². The van der Waals surface area contributed by atoms with Crippen LogP contribution in [0, 0.1) is 11.8 Å². The fourth-order valence-electron chi connectivity index (χ4n) is 6.45. The van der Waals surface area contributed by atoms with Crippen molar-refractivity contribution in [2.75, 3.05) is 19.8 Å². The number of aliphatic hydroxyl groups is 4. The minimum Gasteiger partial charge on any atom is -0.471 e. The summed E-state index contributed by atoms with van der Waals surface area (Å²) in [6.07, 6.45) is -13.8. The molecule has 3 fully saturated rings. The fraction of sp³-hybridized carbons (Fsp3) is 0.571. The van der Waals surface area contributed by atoms with Crippen molar-refractivity contribution in [1.29, 1.82) is 0 Å². The number of fused-ring (bicyclic) bond motifs is 1. The minimum atomic E-state index is -1.74. The molecule has 0 aromatic heterocycles. The summed E-state index contributed by atoms with van der Waals surface area (Å²) in [4.78, 5) is 62.9. The van der Waals surface area contributed by atoms with Crippen molar-refractivity contribution in [3.8, 4) is 5.75 Å². The van der Waals surface area contributed by atoms with Gasteiger partial charge in [0.2, 0.25) is 18.9 Å². The molecule has 4 heterocycles. The van der Waals surface area contributed by atoms with Gasteiger partial charge < -0.3 is 67.8 Å². The number of hydrogen-bond acceptors (Lipinski definition) is 19. The van der Waals surface area contributed by atoms with Crippen molar-refractivity contribution < 1.29 is 91.8 Å². The van der Waals surface area contributed by atoms with Gasteiger partial charge in [-0.05, 0) is 24.6 Å². The van der Waals surface area contributed by atoms with Gasteiger partial charge in [-0.25, -0.2) is 9.59 Å². The second kappa shape index (κ2) is 17.7. The maximum atomic E-state index is 13.7. The molecule has 0 amide bonds. The highest BCUT2D eigenvalue weighted by atomic mass is 16.8. The molecule has 4 aliphatic rings. The summed E-state index contributed by atoms with van der Waals surface area (Å²) in [5, 5.41) is 40.1. The smallest absolute Gasteiger partial charge is 0.338 e. The summed E-state index contributed by atoms with van der Waals surface area (Å²) in [5.74, 6) is -5.22. The third kappa shape index (κ3) is 9.17. The summed E-state index contributed by atoms with van der Waals surface area (Å²) in [7, 11) is 0. The Hall–Kier alpha value is -4.63. The van der Waals surface area contributed by atoms with Crippen LogP contribution in [0.1, 0.15) is 37.6 Å². The molecule has 19 heteroatoms. The summed E-state index contributed by atoms with van der Waals surface area (Å²) >= 11 is 0. The van der Waals surface area contributed by atoms with E-state index in [2.05, 4.69) is 6.58 Å². The van der Waals surface area contributed by atoms with Crippen LogP contribution in [0.4, 0.5) is 0 Å². The predicted molar refractivity (Wildman–Crippen MR) is 173 cm³/mol. The molecule has 13 atom stereocenters. The number of rotatable bonds is 12. The van der Waals surface area contributed by atoms with Crippen molar-refractivity contribution in [3.05, 3.63) is 54.3 Å². The van der Waals surface area contributed by atoms with E-state index in [0.717, 1.165) is 20.8 Å². The quantitative estimate of drug-likeness (QED) is 0.115. The van der Waals surface area contributed by atoms with Gasteiger partial charge in [-0.2, -0.15) is 0 Å². The van der Waals surface area contributed by atoms with Crippen LogP contribution in [0.2, 0.25) is 0 Å². The second-order valence-corrected chi connectivity index (χ2v) is 12.8. The van der Waals surface area contributed by atoms with E-state index in [1.54, 1.807) is 0 Å². The van der Waals surface area contributed by atoms with E-state index in [0.29, 0.717) is 6.42 Å². The molecule has 1 aromatic rings. The Morgan fingerprint density at radius 3 is 2.24 bits per heavy atom. The number of carbonyl (C=O) groups is 5. The molecule has 5 rings (SSSR count). The van der Waals surface area contributed by atoms with Crippen LogP contribution in [0.3, 0.4) is 0 Å². The van der Waals surface area contributed by atoms with E-state index in [4.69, 9.17) is 47.4 Å². The van der Waals surface area contributed by atoms with Crippen LogP contribution in [-0.2, 0) is 61.8 Å². The van der Waals surface area contributed by atoms with Crippen molar-refractivity contribution in [1.82, 2.24) is 0 Å². The van der Waals surface area contributed by atoms with Gasteiger partial charge in [0.1, 0.15) is 42.9 Å². The molecule has 0 unspecified atom stereocenters. The lowest BCUT2D eigenvalue weighted by molar-refractivity contribution is -0.341. The van der Waals surface area contributed by atoms with E-state index in [9.17, 15) is 44.4 Å². The lowest BCUT2D eigenvalue weighted by Crippen LogP contribution is -2.63.